The summed E-state index contributed by atoms with van der Waals surface area (Å²) in [5.74, 6) is 0.915. The van der Waals surface area contributed by atoms with Crippen molar-refractivity contribution in [2.24, 2.45) is 5.92 Å². The molecule has 1 aliphatic carbocycles. The largest absolute Gasteiger partial charge is 0.352 e. The number of carbonyl (C=O) groups excluding carboxylic acids is 1. The SMILES string of the molecule is CCC(C(=O)NC1CCC(C)C1)N1CC(C)N(OCc2ccccc2)C1. The molecule has 0 aromatic heterocycles. The minimum Gasteiger partial charge on any atom is -0.352 e. The molecular formula is C21H33N3O2. The van der Waals surface area contributed by atoms with Crippen LogP contribution in [-0.2, 0) is 16.2 Å². The highest BCUT2D eigenvalue weighted by atomic mass is 16.7. The third-order valence-electron chi connectivity index (χ3n) is 5.72. The van der Waals surface area contributed by atoms with Gasteiger partial charge in [0.15, 0.2) is 0 Å². The lowest BCUT2D eigenvalue weighted by atomic mass is 10.1. The third kappa shape index (κ3) is 4.84. The molecule has 4 unspecified atom stereocenters. The Labute approximate surface area is 157 Å². The number of nitrogens with one attached hydrogen (secondary N) is 1. The van der Waals surface area contributed by atoms with E-state index in [2.05, 4.69) is 43.1 Å². The molecule has 1 amide bonds. The quantitative estimate of drug-likeness (QED) is 0.812. The third-order valence-corrected chi connectivity index (χ3v) is 5.72. The van der Waals surface area contributed by atoms with Crippen LogP contribution in [0.1, 0.15) is 52.0 Å². The zero-order chi connectivity index (χ0) is 18.5. The molecule has 144 valence electrons. The van der Waals surface area contributed by atoms with Gasteiger partial charge in [0, 0.05) is 18.6 Å². The second kappa shape index (κ2) is 8.98. The summed E-state index contributed by atoms with van der Waals surface area (Å²) >= 11 is 0. The Morgan fingerprint density at radius 1 is 1.27 bits per heavy atom. The first-order valence-corrected chi connectivity index (χ1v) is 10.0. The lowest BCUT2D eigenvalue weighted by Crippen LogP contribution is -2.48. The molecule has 0 bridgehead atoms. The van der Waals surface area contributed by atoms with Crippen molar-refractivity contribution in [3.8, 4) is 0 Å². The molecule has 5 nitrogen and oxygen atoms in total. The fourth-order valence-electron chi connectivity index (χ4n) is 4.18. The van der Waals surface area contributed by atoms with Gasteiger partial charge in [-0.15, -0.1) is 0 Å². The van der Waals surface area contributed by atoms with E-state index in [0.717, 1.165) is 31.7 Å². The summed E-state index contributed by atoms with van der Waals surface area (Å²) in [6.07, 6.45) is 4.29. The summed E-state index contributed by atoms with van der Waals surface area (Å²) in [4.78, 5) is 21.1. The van der Waals surface area contributed by atoms with Crippen LogP contribution < -0.4 is 5.32 Å². The van der Waals surface area contributed by atoms with E-state index in [4.69, 9.17) is 4.84 Å². The molecule has 1 heterocycles. The smallest absolute Gasteiger partial charge is 0.237 e. The van der Waals surface area contributed by atoms with Gasteiger partial charge in [-0.2, -0.15) is 5.06 Å². The van der Waals surface area contributed by atoms with Crippen molar-refractivity contribution < 1.29 is 9.63 Å². The van der Waals surface area contributed by atoms with Gasteiger partial charge in [0.2, 0.25) is 5.91 Å². The Bertz CT molecular complexity index is 580. The molecule has 3 rings (SSSR count). The molecule has 1 saturated heterocycles. The van der Waals surface area contributed by atoms with Crippen LogP contribution in [0, 0.1) is 5.92 Å². The standard InChI is InChI=1S/C21H33N3O2/c1-4-20(21(25)22-19-11-10-16(2)12-19)23-13-17(3)24(15-23)26-14-18-8-6-5-7-9-18/h5-9,16-17,19-20H,4,10-15H2,1-3H3,(H,22,25). The molecule has 4 atom stereocenters. The lowest BCUT2D eigenvalue weighted by Gasteiger charge is -2.27. The first-order valence-electron chi connectivity index (χ1n) is 10.0. The summed E-state index contributed by atoms with van der Waals surface area (Å²) in [6, 6.07) is 10.8. The van der Waals surface area contributed by atoms with Crippen LogP contribution in [-0.4, -0.2) is 47.2 Å². The number of benzene rings is 1. The fourth-order valence-corrected chi connectivity index (χ4v) is 4.18. The Kier molecular flexibility index (Phi) is 6.68. The zero-order valence-electron chi connectivity index (χ0n) is 16.4. The van der Waals surface area contributed by atoms with Gasteiger partial charge in [-0.1, -0.05) is 44.2 Å². The zero-order valence-corrected chi connectivity index (χ0v) is 16.4. The van der Waals surface area contributed by atoms with Gasteiger partial charge in [0.05, 0.1) is 19.3 Å². The lowest BCUT2D eigenvalue weighted by molar-refractivity contribution is -0.182. The van der Waals surface area contributed by atoms with Crippen LogP contribution in [0.3, 0.4) is 0 Å². The number of rotatable bonds is 7. The Morgan fingerprint density at radius 3 is 2.69 bits per heavy atom. The minimum absolute atomic E-state index is 0.0707. The van der Waals surface area contributed by atoms with E-state index in [1.807, 2.05) is 23.3 Å². The van der Waals surface area contributed by atoms with Crippen molar-refractivity contribution in [1.82, 2.24) is 15.3 Å². The second-order valence-electron chi connectivity index (χ2n) is 7.99. The molecule has 0 spiro atoms. The fraction of sp³-hybridized carbons (Fsp3) is 0.667. The first-order chi connectivity index (χ1) is 12.6. The van der Waals surface area contributed by atoms with Crippen LogP contribution in [0.15, 0.2) is 30.3 Å². The normalized spacial score (nSPS) is 28.3. The highest BCUT2D eigenvalue weighted by molar-refractivity contribution is 5.82. The molecule has 1 saturated carbocycles. The van der Waals surface area contributed by atoms with E-state index >= 15 is 0 Å². The van der Waals surface area contributed by atoms with Crippen LogP contribution in [0.25, 0.3) is 0 Å². The maximum absolute atomic E-state index is 12.8. The summed E-state index contributed by atoms with van der Waals surface area (Å²) in [5, 5.41) is 5.30. The van der Waals surface area contributed by atoms with E-state index in [1.54, 1.807) is 0 Å². The van der Waals surface area contributed by atoms with Crippen molar-refractivity contribution in [3.63, 3.8) is 0 Å². The summed E-state index contributed by atoms with van der Waals surface area (Å²) in [6.45, 7) is 8.65. The van der Waals surface area contributed by atoms with Crippen LogP contribution in [0.5, 0.6) is 0 Å². The molecular weight excluding hydrogens is 326 g/mol. The topological polar surface area (TPSA) is 44.8 Å². The molecule has 2 aliphatic rings. The molecule has 26 heavy (non-hydrogen) atoms. The van der Waals surface area contributed by atoms with Gasteiger partial charge >= 0.3 is 0 Å². The molecule has 1 aromatic rings. The second-order valence-corrected chi connectivity index (χ2v) is 7.99. The van der Waals surface area contributed by atoms with E-state index in [0.29, 0.717) is 19.3 Å². The Balaban J connectivity index is 1.51. The average Bonchev–Trinajstić information content (AvgIpc) is 3.20. The van der Waals surface area contributed by atoms with Crippen molar-refractivity contribution in [3.05, 3.63) is 35.9 Å². The predicted molar refractivity (Wildman–Crippen MR) is 103 cm³/mol. The van der Waals surface area contributed by atoms with E-state index in [1.165, 1.54) is 12.0 Å². The summed E-state index contributed by atoms with van der Waals surface area (Å²) in [5.41, 5.74) is 1.17. The highest BCUT2D eigenvalue weighted by Gasteiger charge is 2.36. The number of nitrogens with zero attached hydrogens (tertiary/aromatic N) is 2. The number of amides is 1. The van der Waals surface area contributed by atoms with Crippen molar-refractivity contribution in [2.45, 2.75) is 71.2 Å². The summed E-state index contributed by atoms with van der Waals surface area (Å²) in [7, 11) is 0. The Hall–Kier alpha value is -1.43. The van der Waals surface area contributed by atoms with Gasteiger partial charge in [-0.3, -0.25) is 14.5 Å². The monoisotopic (exact) mass is 359 g/mol. The van der Waals surface area contributed by atoms with Gasteiger partial charge in [0.25, 0.3) is 0 Å². The number of hydrogen-bond acceptors (Lipinski definition) is 4. The van der Waals surface area contributed by atoms with Crippen LogP contribution in [0.4, 0.5) is 0 Å². The van der Waals surface area contributed by atoms with E-state index in [-0.39, 0.29) is 18.0 Å². The molecule has 2 fully saturated rings. The van der Waals surface area contributed by atoms with Gasteiger partial charge in [-0.25, -0.2) is 0 Å². The number of carbonyl (C=O) groups is 1. The van der Waals surface area contributed by atoms with E-state index < -0.39 is 0 Å². The van der Waals surface area contributed by atoms with Gasteiger partial charge in [0.1, 0.15) is 0 Å². The van der Waals surface area contributed by atoms with Gasteiger partial charge in [-0.05, 0) is 44.1 Å². The molecule has 1 N–H and O–H groups in total. The molecule has 1 aromatic carbocycles. The van der Waals surface area contributed by atoms with Crippen LogP contribution in [0.2, 0.25) is 0 Å². The molecule has 5 heteroatoms. The average molecular weight is 360 g/mol. The molecule has 1 aliphatic heterocycles. The van der Waals surface area contributed by atoms with Gasteiger partial charge < -0.3 is 5.32 Å². The van der Waals surface area contributed by atoms with Crippen molar-refractivity contribution in [2.75, 3.05) is 13.2 Å². The van der Waals surface area contributed by atoms with E-state index in [9.17, 15) is 4.79 Å². The maximum atomic E-state index is 12.8. The van der Waals surface area contributed by atoms with Crippen molar-refractivity contribution >= 4 is 5.91 Å². The highest BCUT2D eigenvalue weighted by Crippen LogP contribution is 2.25. The maximum Gasteiger partial charge on any atom is 0.237 e. The Morgan fingerprint density at radius 2 is 2.04 bits per heavy atom. The minimum atomic E-state index is -0.0707. The number of hydroxylamine groups is 2. The predicted octanol–water partition coefficient (Wildman–Crippen LogP) is 3.17. The first kappa shape index (κ1) is 19.3. The summed E-state index contributed by atoms with van der Waals surface area (Å²) < 4.78 is 0. The molecule has 0 radical (unpaired) electrons. The van der Waals surface area contributed by atoms with Crippen LogP contribution >= 0.6 is 0 Å². The number of hydrogen-bond donors (Lipinski definition) is 1. The van der Waals surface area contributed by atoms with Crippen molar-refractivity contribution in [1.29, 1.82) is 0 Å².